The molecule has 138 valence electrons. The van der Waals surface area contributed by atoms with Gasteiger partial charge in [0.2, 0.25) is 0 Å². The number of ether oxygens (including phenoxy) is 1. The molecule has 0 spiro atoms. The maximum Gasteiger partial charge on any atom is 0.191 e. The molecule has 1 unspecified atom stereocenters. The van der Waals surface area contributed by atoms with E-state index in [1.54, 1.807) is 0 Å². The summed E-state index contributed by atoms with van der Waals surface area (Å²) in [6.07, 6.45) is 3.30. The van der Waals surface area contributed by atoms with Crippen molar-refractivity contribution >= 4 is 5.96 Å². The van der Waals surface area contributed by atoms with Gasteiger partial charge in [0, 0.05) is 44.3 Å². The molecule has 0 amide bonds. The summed E-state index contributed by atoms with van der Waals surface area (Å²) in [6.45, 7) is 14.4. The van der Waals surface area contributed by atoms with Crippen molar-refractivity contribution in [3.05, 3.63) is 17.0 Å². The Kier molecular flexibility index (Phi) is 10.2. The predicted octanol–water partition coefficient (Wildman–Crippen LogP) is 3.16. The average Bonchev–Trinajstić information content (AvgIpc) is 2.90. The third-order valence-electron chi connectivity index (χ3n) is 3.85. The third-order valence-corrected chi connectivity index (χ3v) is 3.85. The summed E-state index contributed by atoms with van der Waals surface area (Å²) < 4.78 is 10.8. The van der Waals surface area contributed by atoms with Crippen molar-refractivity contribution in [3.8, 4) is 0 Å². The van der Waals surface area contributed by atoms with Crippen molar-refractivity contribution in [2.45, 2.75) is 59.8 Å². The van der Waals surface area contributed by atoms with E-state index in [9.17, 15) is 0 Å². The quantitative estimate of drug-likeness (QED) is 0.368. The fourth-order valence-electron chi connectivity index (χ4n) is 2.58. The Balaban J connectivity index is 2.39. The highest BCUT2D eigenvalue weighted by molar-refractivity contribution is 5.79. The Labute approximate surface area is 146 Å². The Morgan fingerprint density at radius 2 is 1.96 bits per heavy atom. The molecule has 6 heteroatoms. The van der Waals surface area contributed by atoms with E-state index >= 15 is 0 Å². The minimum atomic E-state index is 0.282. The topological polar surface area (TPSA) is 71.7 Å². The molecule has 2 N–H and O–H groups in total. The molecule has 0 saturated heterocycles. The summed E-state index contributed by atoms with van der Waals surface area (Å²) in [7, 11) is 0. The fraction of sp³-hybridized carbons (Fsp3) is 0.778. The molecular formula is C18H34N4O2. The highest BCUT2D eigenvalue weighted by Gasteiger charge is 2.16. The van der Waals surface area contributed by atoms with Crippen molar-refractivity contribution < 1.29 is 9.26 Å². The van der Waals surface area contributed by atoms with Gasteiger partial charge in [0.1, 0.15) is 5.76 Å². The number of aliphatic imine (C=N–C) groups is 1. The standard InChI is InChI=1S/C18H34N4O2/c1-6-8-11-23-12-9-10-20-18(19-7-2)21-13-14(3)17-15(4)22-24-16(17)5/h14H,6-13H2,1-5H3,(H2,19,20,21). The number of rotatable bonds is 11. The number of nitrogens with zero attached hydrogens (tertiary/aromatic N) is 2. The molecule has 0 radical (unpaired) electrons. The molecule has 0 aliphatic heterocycles. The lowest BCUT2D eigenvalue weighted by Crippen LogP contribution is -2.38. The molecule has 0 aromatic carbocycles. The minimum Gasteiger partial charge on any atom is -0.381 e. The number of aryl methyl sites for hydroxylation is 2. The first kappa shape index (κ1) is 20.5. The van der Waals surface area contributed by atoms with Crippen molar-refractivity contribution in [1.29, 1.82) is 0 Å². The molecule has 1 aromatic heterocycles. The van der Waals surface area contributed by atoms with Gasteiger partial charge in [-0.3, -0.25) is 4.99 Å². The number of nitrogens with one attached hydrogen (secondary N) is 2. The first-order chi connectivity index (χ1) is 11.6. The molecule has 0 aliphatic carbocycles. The van der Waals surface area contributed by atoms with Crippen LogP contribution >= 0.6 is 0 Å². The number of guanidine groups is 1. The molecule has 1 heterocycles. The largest absolute Gasteiger partial charge is 0.381 e. The summed E-state index contributed by atoms with van der Waals surface area (Å²) in [5.41, 5.74) is 2.12. The molecule has 1 rings (SSSR count). The maximum absolute atomic E-state index is 5.57. The van der Waals surface area contributed by atoms with E-state index in [4.69, 9.17) is 9.26 Å². The molecule has 0 bridgehead atoms. The highest BCUT2D eigenvalue weighted by Crippen LogP contribution is 2.23. The van der Waals surface area contributed by atoms with Crippen LogP contribution in [0.4, 0.5) is 0 Å². The third kappa shape index (κ3) is 7.34. The second kappa shape index (κ2) is 11.9. The Bertz CT molecular complexity index is 466. The summed E-state index contributed by atoms with van der Waals surface area (Å²) in [5.74, 6) is 2.02. The number of unbranched alkanes of at least 4 members (excludes halogenated alkanes) is 1. The van der Waals surface area contributed by atoms with E-state index < -0.39 is 0 Å². The maximum atomic E-state index is 5.57. The van der Waals surface area contributed by atoms with E-state index in [0.717, 1.165) is 56.6 Å². The smallest absolute Gasteiger partial charge is 0.191 e. The van der Waals surface area contributed by atoms with Crippen LogP contribution in [0, 0.1) is 13.8 Å². The molecule has 24 heavy (non-hydrogen) atoms. The zero-order valence-corrected chi connectivity index (χ0v) is 15.9. The van der Waals surface area contributed by atoms with Gasteiger partial charge < -0.3 is 19.9 Å². The number of hydrogen-bond donors (Lipinski definition) is 2. The summed E-state index contributed by atoms with van der Waals surface area (Å²) >= 11 is 0. The van der Waals surface area contributed by atoms with Crippen LogP contribution in [0.25, 0.3) is 0 Å². The van der Waals surface area contributed by atoms with Gasteiger partial charge in [0.15, 0.2) is 5.96 Å². The lowest BCUT2D eigenvalue weighted by atomic mass is 10.00. The molecule has 0 saturated carbocycles. The fourth-order valence-corrected chi connectivity index (χ4v) is 2.58. The summed E-state index contributed by atoms with van der Waals surface area (Å²) in [6, 6.07) is 0. The van der Waals surface area contributed by atoms with E-state index in [1.807, 2.05) is 13.8 Å². The van der Waals surface area contributed by atoms with Crippen LogP contribution in [-0.4, -0.2) is 44.0 Å². The SMILES string of the molecule is CCCCOCCCNC(=NCC(C)c1c(C)noc1C)NCC. The van der Waals surface area contributed by atoms with Crippen molar-refractivity contribution in [3.63, 3.8) is 0 Å². The van der Waals surface area contributed by atoms with Gasteiger partial charge in [-0.2, -0.15) is 0 Å². The number of aromatic nitrogens is 1. The molecule has 6 nitrogen and oxygen atoms in total. The lowest BCUT2D eigenvalue weighted by Gasteiger charge is -2.13. The van der Waals surface area contributed by atoms with Gasteiger partial charge in [-0.1, -0.05) is 25.4 Å². The summed E-state index contributed by atoms with van der Waals surface area (Å²) in [5, 5.41) is 10.7. The van der Waals surface area contributed by atoms with Gasteiger partial charge in [-0.15, -0.1) is 0 Å². The van der Waals surface area contributed by atoms with Gasteiger partial charge in [-0.25, -0.2) is 0 Å². The van der Waals surface area contributed by atoms with Crippen molar-refractivity contribution in [1.82, 2.24) is 15.8 Å². The van der Waals surface area contributed by atoms with E-state index in [2.05, 4.69) is 41.6 Å². The van der Waals surface area contributed by atoms with E-state index in [-0.39, 0.29) is 5.92 Å². The second-order valence-corrected chi connectivity index (χ2v) is 6.10. The van der Waals surface area contributed by atoms with E-state index in [1.165, 1.54) is 12.0 Å². The normalized spacial score (nSPS) is 13.1. The van der Waals surface area contributed by atoms with E-state index in [0.29, 0.717) is 6.54 Å². The van der Waals surface area contributed by atoms with Crippen molar-refractivity contribution in [2.24, 2.45) is 4.99 Å². The van der Waals surface area contributed by atoms with Gasteiger partial charge >= 0.3 is 0 Å². The predicted molar refractivity (Wildman–Crippen MR) is 98.7 cm³/mol. The first-order valence-electron chi connectivity index (χ1n) is 9.12. The van der Waals surface area contributed by atoms with Crippen LogP contribution in [0.5, 0.6) is 0 Å². The first-order valence-corrected chi connectivity index (χ1v) is 9.12. The summed E-state index contributed by atoms with van der Waals surface area (Å²) in [4.78, 5) is 4.68. The van der Waals surface area contributed by atoms with Crippen LogP contribution in [0.3, 0.4) is 0 Å². The van der Waals surface area contributed by atoms with Gasteiger partial charge in [0.05, 0.1) is 5.69 Å². The van der Waals surface area contributed by atoms with Crippen LogP contribution in [0.1, 0.15) is 63.0 Å². The lowest BCUT2D eigenvalue weighted by molar-refractivity contribution is 0.129. The number of hydrogen-bond acceptors (Lipinski definition) is 4. The van der Waals surface area contributed by atoms with Crippen LogP contribution in [0.15, 0.2) is 9.52 Å². The molecule has 0 fully saturated rings. The zero-order valence-electron chi connectivity index (χ0n) is 15.9. The zero-order chi connectivity index (χ0) is 17.8. The van der Waals surface area contributed by atoms with Crippen LogP contribution in [0.2, 0.25) is 0 Å². The molecular weight excluding hydrogens is 304 g/mol. The van der Waals surface area contributed by atoms with Crippen LogP contribution < -0.4 is 10.6 Å². The molecule has 1 atom stereocenters. The second-order valence-electron chi connectivity index (χ2n) is 6.10. The minimum absolute atomic E-state index is 0.282. The van der Waals surface area contributed by atoms with Crippen molar-refractivity contribution in [2.75, 3.05) is 32.8 Å². The van der Waals surface area contributed by atoms with Gasteiger partial charge in [0.25, 0.3) is 0 Å². The Hall–Kier alpha value is -1.56. The van der Waals surface area contributed by atoms with Crippen LogP contribution in [-0.2, 0) is 4.74 Å². The Morgan fingerprint density at radius 3 is 2.58 bits per heavy atom. The monoisotopic (exact) mass is 338 g/mol. The molecule has 0 aliphatic rings. The highest BCUT2D eigenvalue weighted by atomic mass is 16.5. The molecule has 1 aromatic rings. The Morgan fingerprint density at radius 1 is 1.21 bits per heavy atom. The van der Waals surface area contributed by atoms with Gasteiger partial charge in [-0.05, 0) is 33.6 Å². The average molecular weight is 338 g/mol.